The Morgan fingerprint density at radius 2 is 1.79 bits per heavy atom. The third kappa shape index (κ3) is 5.78. The summed E-state index contributed by atoms with van der Waals surface area (Å²) >= 11 is 0. The van der Waals surface area contributed by atoms with Crippen LogP contribution >= 0.6 is 0 Å². The van der Waals surface area contributed by atoms with Crippen LogP contribution in [0.5, 0.6) is 5.75 Å². The van der Waals surface area contributed by atoms with Crippen molar-refractivity contribution in [1.82, 2.24) is 29.3 Å². The molecular formula is C30H24F3N7O2. The molecule has 3 heterocycles. The molecule has 0 aliphatic heterocycles. The van der Waals surface area contributed by atoms with Crippen molar-refractivity contribution in [1.29, 1.82) is 0 Å². The summed E-state index contributed by atoms with van der Waals surface area (Å²) in [4.78, 5) is 26.8. The average molecular weight is 572 g/mol. The largest absolute Gasteiger partial charge is 0.493 e. The standard InChI is InChI=1S/C30H24F3N7O2/c1-39-17-21-14-20(10-11-24(21)38-39)26-28(41)40(27-25(36-26)16-34-29(37-27)35-18-30(31,32)33)22-8-5-9-23(15-22)42-13-12-19-6-3-2-4-7-19/h2-11,14-17H,12-13,18H2,1H3,(H,34,35,37). The molecule has 0 aliphatic carbocycles. The minimum atomic E-state index is -4.48. The normalized spacial score (nSPS) is 11.7. The number of hydrogen-bond donors (Lipinski definition) is 1. The van der Waals surface area contributed by atoms with E-state index in [0.717, 1.165) is 16.5 Å². The fraction of sp³-hybridized carbons (Fsp3) is 0.167. The van der Waals surface area contributed by atoms with Crippen LogP contribution < -0.4 is 15.6 Å². The van der Waals surface area contributed by atoms with Crippen LogP contribution in [0.4, 0.5) is 19.1 Å². The lowest BCUT2D eigenvalue weighted by atomic mass is 10.1. The molecule has 42 heavy (non-hydrogen) atoms. The molecule has 0 atom stereocenters. The molecule has 1 N–H and O–H groups in total. The molecule has 0 spiro atoms. The van der Waals surface area contributed by atoms with Crippen molar-refractivity contribution in [3.05, 3.63) is 101 Å². The predicted molar refractivity (Wildman–Crippen MR) is 153 cm³/mol. The van der Waals surface area contributed by atoms with Crippen LogP contribution in [-0.2, 0) is 13.5 Å². The molecule has 0 saturated carbocycles. The molecule has 0 fully saturated rings. The summed E-state index contributed by atoms with van der Waals surface area (Å²) in [6.45, 7) is -0.923. The lowest BCUT2D eigenvalue weighted by Gasteiger charge is -2.14. The zero-order valence-electron chi connectivity index (χ0n) is 22.3. The second kappa shape index (κ2) is 11.0. The molecule has 0 amide bonds. The van der Waals surface area contributed by atoms with Gasteiger partial charge in [-0.15, -0.1) is 0 Å². The first-order chi connectivity index (χ1) is 20.2. The Labute approximate surface area is 237 Å². The van der Waals surface area contributed by atoms with E-state index in [1.54, 1.807) is 48.1 Å². The van der Waals surface area contributed by atoms with Crippen molar-refractivity contribution >= 4 is 28.0 Å². The highest BCUT2D eigenvalue weighted by atomic mass is 19.4. The highest BCUT2D eigenvalue weighted by molar-refractivity contribution is 5.85. The van der Waals surface area contributed by atoms with Gasteiger partial charge in [-0.2, -0.15) is 23.3 Å². The zero-order chi connectivity index (χ0) is 29.3. The molecule has 0 unspecified atom stereocenters. The van der Waals surface area contributed by atoms with E-state index in [-0.39, 0.29) is 22.8 Å². The highest BCUT2D eigenvalue weighted by Gasteiger charge is 2.27. The topological polar surface area (TPSA) is 99.8 Å². The van der Waals surface area contributed by atoms with Gasteiger partial charge in [0.05, 0.1) is 24.0 Å². The highest BCUT2D eigenvalue weighted by Crippen LogP contribution is 2.25. The third-order valence-corrected chi connectivity index (χ3v) is 6.52. The molecule has 0 saturated heterocycles. The molecule has 0 bridgehead atoms. The maximum atomic E-state index is 14.0. The van der Waals surface area contributed by atoms with E-state index < -0.39 is 18.3 Å². The van der Waals surface area contributed by atoms with Crippen LogP contribution in [0.15, 0.2) is 90.0 Å². The Hall–Kier alpha value is -5.26. The Morgan fingerprint density at radius 3 is 2.60 bits per heavy atom. The second-order valence-electron chi connectivity index (χ2n) is 9.63. The van der Waals surface area contributed by atoms with Gasteiger partial charge in [0.25, 0.3) is 5.56 Å². The van der Waals surface area contributed by atoms with Crippen LogP contribution in [-0.4, -0.2) is 48.6 Å². The van der Waals surface area contributed by atoms with Gasteiger partial charge in [0.15, 0.2) is 5.65 Å². The number of fused-ring (bicyclic) bond motifs is 2. The van der Waals surface area contributed by atoms with Gasteiger partial charge in [0.1, 0.15) is 23.5 Å². The van der Waals surface area contributed by atoms with Gasteiger partial charge in [-0.05, 0) is 29.8 Å². The lowest BCUT2D eigenvalue weighted by molar-refractivity contribution is -0.115. The molecule has 0 aliphatic rings. The Balaban J connectivity index is 1.44. The number of aryl methyl sites for hydroxylation is 1. The van der Waals surface area contributed by atoms with E-state index in [1.165, 1.54) is 10.8 Å². The minimum absolute atomic E-state index is 0.0484. The summed E-state index contributed by atoms with van der Waals surface area (Å²) in [5.41, 5.74) is 2.73. The predicted octanol–water partition coefficient (Wildman–Crippen LogP) is 5.33. The van der Waals surface area contributed by atoms with Crippen molar-refractivity contribution in [3.8, 4) is 22.7 Å². The van der Waals surface area contributed by atoms with Gasteiger partial charge in [0, 0.05) is 36.7 Å². The first-order valence-corrected chi connectivity index (χ1v) is 13.0. The zero-order valence-corrected chi connectivity index (χ0v) is 22.3. The first-order valence-electron chi connectivity index (χ1n) is 13.0. The second-order valence-corrected chi connectivity index (χ2v) is 9.63. The van der Waals surface area contributed by atoms with Crippen LogP contribution in [0.25, 0.3) is 39.0 Å². The van der Waals surface area contributed by atoms with Crippen LogP contribution in [0, 0.1) is 0 Å². The monoisotopic (exact) mass is 571 g/mol. The maximum absolute atomic E-state index is 14.0. The van der Waals surface area contributed by atoms with E-state index in [4.69, 9.17) is 4.74 Å². The van der Waals surface area contributed by atoms with E-state index in [1.807, 2.05) is 42.6 Å². The van der Waals surface area contributed by atoms with Crippen LogP contribution in [0.2, 0.25) is 0 Å². The number of alkyl halides is 3. The number of hydrogen-bond acceptors (Lipinski definition) is 7. The summed E-state index contributed by atoms with van der Waals surface area (Å²) in [5, 5.41) is 7.37. The molecule has 0 radical (unpaired) electrons. The number of nitrogens with zero attached hydrogens (tertiary/aromatic N) is 6. The summed E-state index contributed by atoms with van der Waals surface area (Å²) in [5.74, 6) is 0.234. The van der Waals surface area contributed by atoms with Crippen molar-refractivity contribution in [2.45, 2.75) is 12.6 Å². The quantitative estimate of drug-likeness (QED) is 0.264. The van der Waals surface area contributed by atoms with Crippen LogP contribution in [0.3, 0.4) is 0 Å². The van der Waals surface area contributed by atoms with Crippen molar-refractivity contribution in [3.63, 3.8) is 0 Å². The van der Waals surface area contributed by atoms with E-state index in [0.29, 0.717) is 30.0 Å². The number of aromatic nitrogens is 6. The van der Waals surface area contributed by atoms with Crippen molar-refractivity contribution in [2.75, 3.05) is 18.5 Å². The molecule has 3 aromatic carbocycles. The van der Waals surface area contributed by atoms with Crippen molar-refractivity contribution in [2.24, 2.45) is 7.05 Å². The van der Waals surface area contributed by atoms with Gasteiger partial charge >= 0.3 is 6.18 Å². The molecule has 9 nitrogen and oxygen atoms in total. The smallest absolute Gasteiger partial charge is 0.405 e. The number of halogens is 3. The summed E-state index contributed by atoms with van der Waals surface area (Å²) in [6.07, 6.45) is -0.665. The van der Waals surface area contributed by atoms with Crippen molar-refractivity contribution < 1.29 is 17.9 Å². The van der Waals surface area contributed by atoms with Gasteiger partial charge in [-0.25, -0.2) is 9.97 Å². The average Bonchev–Trinajstić information content (AvgIpc) is 3.35. The number of rotatable bonds is 8. The van der Waals surface area contributed by atoms with Gasteiger partial charge in [-0.3, -0.25) is 14.0 Å². The Bertz CT molecular complexity index is 1950. The van der Waals surface area contributed by atoms with E-state index in [9.17, 15) is 18.0 Å². The number of nitrogens with one attached hydrogen (secondary N) is 1. The molecule has 12 heteroatoms. The number of benzene rings is 3. The number of anilines is 1. The minimum Gasteiger partial charge on any atom is -0.493 e. The first kappa shape index (κ1) is 26.9. The van der Waals surface area contributed by atoms with Gasteiger partial charge in [-0.1, -0.05) is 42.5 Å². The fourth-order valence-corrected chi connectivity index (χ4v) is 4.61. The Morgan fingerprint density at radius 1 is 0.952 bits per heavy atom. The summed E-state index contributed by atoms with van der Waals surface area (Å²) in [7, 11) is 1.80. The van der Waals surface area contributed by atoms with E-state index >= 15 is 0 Å². The van der Waals surface area contributed by atoms with Gasteiger partial charge < -0.3 is 10.1 Å². The maximum Gasteiger partial charge on any atom is 0.405 e. The molecule has 212 valence electrons. The molecule has 3 aromatic heterocycles. The summed E-state index contributed by atoms with van der Waals surface area (Å²) < 4.78 is 47.6. The van der Waals surface area contributed by atoms with Gasteiger partial charge in [0.2, 0.25) is 5.95 Å². The SMILES string of the molecule is Cn1cc2cc(-c3nc4cnc(NCC(F)(F)F)nc4n(-c4cccc(OCCc5ccccc5)c4)c3=O)ccc2n1. The van der Waals surface area contributed by atoms with E-state index in [2.05, 4.69) is 25.4 Å². The molecular weight excluding hydrogens is 547 g/mol. The molecule has 6 aromatic rings. The lowest BCUT2D eigenvalue weighted by Crippen LogP contribution is -2.25. The summed E-state index contributed by atoms with van der Waals surface area (Å²) in [6, 6.07) is 22.1. The fourth-order valence-electron chi connectivity index (χ4n) is 4.61. The molecule has 6 rings (SSSR count). The van der Waals surface area contributed by atoms with Crippen LogP contribution in [0.1, 0.15) is 5.56 Å². The third-order valence-electron chi connectivity index (χ3n) is 6.52. The Kier molecular flexibility index (Phi) is 7.03. The number of ether oxygens (including phenoxy) is 1.